The zero-order valence-corrected chi connectivity index (χ0v) is 23.7. The molecule has 1 atom stereocenters. The van der Waals surface area contributed by atoms with Gasteiger partial charge in [-0.1, -0.05) is 46.3 Å². The number of nitrogens with one attached hydrogen (secondary N) is 1. The highest BCUT2D eigenvalue weighted by atomic mass is 79.9. The highest BCUT2D eigenvalue weighted by Crippen LogP contribution is 2.28. The minimum absolute atomic E-state index is 0.0797. The number of sulfonamides is 1. The Hall–Kier alpha value is -3.05. The van der Waals surface area contributed by atoms with Crippen molar-refractivity contribution in [1.82, 2.24) is 19.2 Å². The molecule has 3 aromatic carbocycles. The number of ether oxygens (including phenoxy) is 1. The first-order valence-electron chi connectivity index (χ1n) is 12.5. The molecule has 4 aromatic rings. The third-order valence-corrected chi connectivity index (χ3v) is 9.35. The Kier molecular flexibility index (Phi) is 7.94. The molecule has 1 aliphatic rings. The molecule has 1 aromatic heterocycles. The summed E-state index contributed by atoms with van der Waals surface area (Å²) in [4.78, 5) is 12.3. The summed E-state index contributed by atoms with van der Waals surface area (Å²) in [5.74, 6) is 2.29. The van der Waals surface area contributed by atoms with E-state index in [1.165, 1.54) is 0 Å². The standard InChI is InChI=1S/C28H30BrN5O3S/c1-20(33-15-17-34(18-16-33)38(35,36)23-13-11-22(29)12-14-23)27-31-25-9-5-4-8-24(25)28(32-27)30-19-21-7-3-6-10-26(21)37-2/h3-14,20H,15-19H2,1-2H3,(H,30,31,32). The number of methoxy groups -OCH3 is 1. The predicted molar refractivity (Wildman–Crippen MR) is 153 cm³/mol. The summed E-state index contributed by atoms with van der Waals surface area (Å²) in [5, 5.41) is 4.43. The van der Waals surface area contributed by atoms with Gasteiger partial charge in [0, 0.05) is 48.1 Å². The lowest BCUT2D eigenvalue weighted by molar-refractivity contribution is 0.141. The van der Waals surface area contributed by atoms with Crippen molar-refractivity contribution in [3.8, 4) is 5.75 Å². The molecule has 1 N–H and O–H groups in total. The van der Waals surface area contributed by atoms with Crippen molar-refractivity contribution in [1.29, 1.82) is 0 Å². The number of nitrogens with zero attached hydrogens (tertiary/aromatic N) is 4. The van der Waals surface area contributed by atoms with Gasteiger partial charge in [0.1, 0.15) is 17.4 Å². The Bertz CT molecular complexity index is 1520. The minimum atomic E-state index is -3.53. The summed E-state index contributed by atoms with van der Waals surface area (Å²) in [7, 11) is -1.86. The number of aromatic nitrogens is 2. The van der Waals surface area contributed by atoms with Crippen LogP contribution in [-0.4, -0.2) is 60.9 Å². The minimum Gasteiger partial charge on any atom is -0.496 e. The van der Waals surface area contributed by atoms with Gasteiger partial charge in [0.05, 0.1) is 23.6 Å². The largest absolute Gasteiger partial charge is 0.496 e. The summed E-state index contributed by atoms with van der Waals surface area (Å²) < 4.78 is 34.1. The number of halogens is 1. The van der Waals surface area contributed by atoms with Crippen LogP contribution in [0.15, 0.2) is 82.2 Å². The summed E-state index contributed by atoms with van der Waals surface area (Å²) >= 11 is 3.37. The summed E-state index contributed by atoms with van der Waals surface area (Å²) in [5.41, 5.74) is 1.90. The van der Waals surface area contributed by atoms with Gasteiger partial charge in [-0.25, -0.2) is 18.4 Å². The molecule has 8 nitrogen and oxygen atoms in total. The van der Waals surface area contributed by atoms with E-state index in [4.69, 9.17) is 14.7 Å². The van der Waals surface area contributed by atoms with Gasteiger partial charge in [-0.05, 0) is 49.4 Å². The van der Waals surface area contributed by atoms with Crippen molar-refractivity contribution in [2.45, 2.75) is 24.4 Å². The Morgan fingerprint density at radius 2 is 1.63 bits per heavy atom. The maximum atomic E-state index is 13.1. The van der Waals surface area contributed by atoms with Crippen molar-refractivity contribution in [2.24, 2.45) is 0 Å². The van der Waals surface area contributed by atoms with E-state index in [2.05, 4.69) is 33.1 Å². The number of para-hydroxylation sites is 2. The van der Waals surface area contributed by atoms with E-state index in [0.717, 1.165) is 32.5 Å². The van der Waals surface area contributed by atoms with E-state index in [1.807, 2.05) is 48.5 Å². The van der Waals surface area contributed by atoms with Crippen LogP contribution in [0.2, 0.25) is 0 Å². The van der Waals surface area contributed by atoms with E-state index >= 15 is 0 Å². The number of hydrogen-bond acceptors (Lipinski definition) is 7. The molecule has 5 rings (SSSR count). The van der Waals surface area contributed by atoms with Crippen LogP contribution in [0.3, 0.4) is 0 Å². The van der Waals surface area contributed by atoms with Crippen molar-refractivity contribution in [3.63, 3.8) is 0 Å². The zero-order valence-electron chi connectivity index (χ0n) is 21.3. The first-order chi connectivity index (χ1) is 18.4. The molecule has 2 heterocycles. The molecule has 1 fully saturated rings. The second-order valence-corrected chi connectivity index (χ2v) is 12.0. The first kappa shape index (κ1) is 26.6. The molecule has 1 aliphatic heterocycles. The summed E-state index contributed by atoms with van der Waals surface area (Å²) in [6.45, 7) is 4.65. The molecule has 0 amide bonds. The number of piperazine rings is 1. The summed E-state index contributed by atoms with van der Waals surface area (Å²) in [6, 6.07) is 22.6. The lowest BCUT2D eigenvalue weighted by Gasteiger charge is -2.36. The number of hydrogen-bond donors (Lipinski definition) is 1. The molecule has 198 valence electrons. The number of fused-ring (bicyclic) bond motifs is 1. The Balaban J connectivity index is 1.33. The van der Waals surface area contributed by atoms with Crippen LogP contribution in [0.5, 0.6) is 5.75 Å². The van der Waals surface area contributed by atoms with Crippen LogP contribution < -0.4 is 10.1 Å². The van der Waals surface area contributed by atoms with Crippen LogP contribution in [0.25, 0.3) is 10.9 Å². The van der Waals surface area contributed by atoms with Gasteiger partial charge in [-0.3, -0.25) is 4.90 Å². The van der Waals surface area contributed by atoms with E-state index in [0.29, 0.717) is 43.4 Å². The molecule has 0 spiro atoms. The molecule has 0 saturated carbocycles. The Morgan fingerprint density at radius 3 is 2.37 bits per heavy atom. The van der Waals surface area contributed by atoms with Crippen LogP contribution in [-0.2, 0) is 16.6 Å². The molecule has 10 heteroatoms. The second kappa shape index (κ2) is 11.4. The van der Waals surface area contributed by atoms with Gasteiger partial charge in [-0.15, -0.1) is 0 Å². The van der Waals surface area contributed by atoms with E-state index in [9.17, 15) is 8.42 Å². The fraction of sp³-hybridized carbons (Fsp3) is 0.286. The maximum Gasteiger partial charge on any atom is 0.243 e. The monoisotopic (exact) mass is 595 g/mol. The Labute approximate surface area is 231 Å². The number of anilines is 1. The van der Waals surface area contributed by atoms with Crippen LogP contribution in [0.4, 0.5) is 5.82 Å². The van der Waals surface area contributed by atoms with Crippen LogP contribution in [0, 0.1) is 0 Å². The zero-order chi connectivity index (χ0) is 26.7. The quantitative estimate of drug-likeness (QED) is 0.304. The van der Waals surface area contributed by atoms with Crippen LogP contribution in [0.1, 0.15) is 24.4 Å². The van der Waals surface area contributed by atoms with Gasteiger partial charge in [0.15, 0.2) is 0 Å². The van der Waals surface area contributed by atoms with Gasteiger partial charge < -0.3 is 10.1 Å². The molecular weight excluding hydrogens is 566 g/mol. The fourth-order valence-electron chi connectivity index (χ4n) is 4.69. The van der Waals surface area contributed by atoms with Crippen molar-refractivity contribution in [3.05, 3.63) is 88.7 Å². The average molecular weight is 597 g/mol. The Morgan fingerprint density at radius 1 is 0.947 bits per heavy atom. The molecule has 38 heavy (non-hydrogen) atoms. The summed E-state index contributed by atoms with van der Waals surface area (Å²) in [6.07, 6.45) is 0. The predicted octanol–water partition coefficient (Wildman–Crippen LogP) is 5.08. The van der Waals surface area contributed by atoms with Gasteiger partial charge in [-0.2, -0.15) is 4.31 Å². The normalized spacial score (nSPS) is 15.9. The maximum absolute atomic E-state index is 13.1. The third-order valence-electron chi connectivity index (χ3n) is 6.91. The lowest BCUT2D eigenvalue weighted by Crippen LogP contribution is -2.49. The van der Waals surface area contributed by atoms with E-state index in [1.54, 1.807) is 35.7 Å². The van der Waals surface area contributed by atoms with Crippen molar-refractivity contribution >= 4 is 42.7 Å². The fourth-order valence-corrected chi connectivity index (χ4v) is 6.38. The third kappa shape index (κ3) is 5.54. The average Bonchev–Trinajstić information content (AvgIpc) is 2.95. The number of rotatable bonds is 8. The van der Waals surface area contributed by atoms with Gasteiger partial charge in [0.25, 0.3) is 0 Å². The lowest BCUT2D eigenvalue weighted by atomic mass is 10.1. The van der Waals surface area contributed by atoms with Crippen molar-refractivity contribution in [2.75, 3.05) is 38.6 Å². The van der Waals surface area contributed by atoms with Crippen molar-refractivity contribution < 1.29 is 13.2 Å². The second-order valence-electron chi connectivity index (χ2n) is 9.18. The molecule has 0 aliphatic carbocycles. The molecular formula is C28H30BrN5O3S. The van der Waals surface area contributed by atoms with Gasteiger partial charge in [0.2, 0.25) is 10.0 Å². The van der Waals surface area contributed by atoms with E-state index < -0.39 is 10.0 Å². The first-order valence-corrected chi connectivity index (χ1v) is 14.7. The van der Waals surface area contributed by atoms with E-state index in [-0.39, 0.29) is 6.04 Å². The SMILES string of the molecule is COc1ccccc1CNc1nc(C(C)N2CCN(S(=O)(=O)c3ccc(Br)cc3)CC2)nc2ccccc12. The molecule has 1 saturated heterocycles. The smallest absolute Gasteiger partial charge is 0.243 e. The highest BCUT2D eigenvalue weighted by molar-refractivity contribution is 9.10. The van der Waals surface area contributed by atoms with Crippen LogP contribution >= 0.6 is 15.9 Å². The molecule has 0 bridgehead atoms. The molecule has 1 unspecified atom stereocenters. The topological polar surface area (TPSA) is 87.7 Å². The molecule has 0 radical (unpaired) electrons. The highest BCUT2D eigenvalue weighted by Gasteiger charge is 2.31. The van der Waals surface area contributed by atoms with Gasteiger partial charge >= 0.3 is 0 Å². The number of benzene rings is 3.